The summed E-state index contributed by atoms with van der Waals surface area (Å²) in [4.78, 5) is 4.34. The molecule has 1 saturated heterocycles. The Hall–Kier alpha value is -0.610. The molecule has 0 aromatic carbocycles. The van der Waals surface area contributed by atoms with E-state index in [1.54, 1.807) is 7.11 Å². The van der Waals surface area contributed by atoms with Gasteiger partial charge in [0.15, 0.2) is 0 Å². The fraction of sp³-hybridized carbons (Fsp3) is 0.900. The molecule has 4 nitrogen and oxygen atoms in total. The van der Waals surface area contributed by atoms with Gasteiger partial charge >= 0.3 is 0 Å². The van der Waals surface area contributed by atoms with E-state index in [9.17, 15) is 0 Å². The second-order valence-corrected chi connectivity index (χ2v) is 4.09. The van der Waals surface area contributed by atoms with Crippen molar-refractivity contribution >= 4 is 5.84 Å². The van der Waals surface area contributed by atoms with Crippen molar-refractivity contribution in [2.75, 3.05) is 26.9 Å². The predicted octanol–water partition coefficient (Wildman–Crippen LogP) is 0.805. The topological polar surface area (TPSA) is 56.8 Å². The first-order chi connectivity index (χ1) is 6.59. The number of hydrogen-bond donors (Lipinski definition) is 1. The lowest BCUT2D eigenvalue weighted by Gasteiger charge is -2.23. The summed E-state index contributed by atoms with van der Waals surface area (Å²) in [5, 5.41) is 0. The molecule has 1 aliphatic rings. The molecule has 1 heterocycles. The first-order valence-corrected chi connectivity index (χ1v) is 5.02. The third-order valence-electron chi connectivity index (χ3n) is 2.64. The predicted molar refractivity (Wildman–Crippen MR) is 56.5 cm³/mol. The number of nitrogens with zero attached hydrogens (tertiary/aromatic N) is 1. The molecule has 2 N–H and O–H groups in total. The number of rotatable bonds is 4. The maximum Gasteiger partial charge on any atom is 0.113 e. The van der Waals surface area contributed by atoms with E-state index in [4.69, 9.17) is 15.2 Å². The Balaban J connectivity index is 2.53. The van der Waals surface area contributed by atoms with Crippen molar-refractivity contribution in [3.63, 3.8) is 0 Å². The molecule has 82 valence electrons. The largest absolute Gasteiger partial charge is 0.387 e. The summed E-state index contributed by atoms with van der Waals surface area (Å²) >= 11 is 0. The molecule has 0 aliphatic carbocycles. The van der Waals surface area contributed by atoms with Gasteiger partial charge in [-0.3, -0.25) is 4.99 Å². The lowest BCUT2D eigenvalue weighted by Crippen LogP contribution is -2.36. The van der Waals surface area contributed by atoms with Crippen molar-refractivity contribution in [2.24, 2.45) is 16.6 Å². The average molecular weight is 200 g/mol. The molecule has 0 aromatic rings. The van der Waals surface area contributed by atoms with Crippen molar-refractivity contribution < 1.29 is 9.47 Å². The van der Waals surface area contributed by atoms with Gasteiger partial charge < -0.3 is 15.2 Å². The summed E-state index contributed by atoms with van der Waals surface area (Å²) < 4.78 is 10.8. The number of nitrogens with two attached hydrogens (primary N) is 1. The number of methoxy groups -OCH3 is 1. The molecular weight excluding hydrogens is 180 g/mol. The summed E-state index contributed by atoms with van der Waals surface area (Å²) in [6, 6.07) is 0. The Morgan fingerprint density at radius 2 is 2.36 bits per heavy atom. The second-order valence-electron chi connectivity index (χ2n) is 4.09. The summed E-state index contributed by atoms with van der Waals surface area (Å²) in [5.41, 5.74) is 5.53. The normalized spacial score (nSPS) is 28.7. The van der Waals surface area contributed by atoms with Gasteiger partial charge in [0.1, 0.15) is 5.60 Å². The van der Waals surface area contributed by atoms with E-state index < -0.39 is 0 Å². The number of amidine groups is 1. The van der Waals surface area contributed by atoms with Crippen molar-refractivity contribution in [3.05, 3.63) is 0 Å². The highest BCUT2D eigenvalue weighted by Crippen LogP contribution is 2.22. The van der Waals surface area contributed by atoms with Gasteiger partial charge in [0, 0.05) is 26.1 Å². The quantitative estimate of drug-likeness (QED) is 0.539. The van der Waals surface area contributed by atoms with Crippen LogP contribution in [-0.2, 0) is 9.47 Å². The zero-order chi connectivity index (χ0) is 10.6. The standard InChI is InChI=1S/C10H20N2O2/c1-8(2)9(11)12-6-10(13-3)4-5-14-7-10/h8H,4-7H2,1-3H3,(H2,11,12). The van der Waals surface area contributed by atoms with Crippen LogP contribution in [0.25, 0.3) is 0 Å². The average Bonchev–Trinajstić information content (AvgIpc) is 2.63. The highest BCUT2D eigenvalue weighted by atomic mass is 16.5. The van der Waals surface area contributed by atoms with Crippen molar-refractivity contribution in [1.82, 2.24) is 0 Å². The zero-order valence-corrected chi connectivity index (χ0v) is 9.25. The Bertz CT molecular complexity index is 208. The molecule has 0 saturated carbocycles. The Morgan fingerprint density at radius 1 is 1.64 bits per heavy atom. The van der Waals surface area contributed by atoms with E-state index in [-0.39, 0.29) is 5.60 Å². The van der Waals surface area contributed by atoms with Crippen LogP contribution in [0.5, 0.6) is 0 Å². The second kappa shape index (κ2) is 4.75. The Labute approximate surface area is 85.5 Å². The Morgan fingerprint density at radius 3 is 2.79 bits per heavy atom. The van der Waals surface area contributed by atoms with Crippen LogP contribution in [0, 0.1) is 5.92 Å². The van der Waals surface area contributed by atoms with Crippen LogP contribution in [-0.4, -0.2) is 38.3 Å². The van der Waals surface area contributed by atoms with Crippen molar-refractivity contribution in [3.8, 4) is 0 Å². The summed E-state index contributed by atoms with van der Waals surface area (Å²) in [5.74, 6) is 0.986. The van der Waals surface area contributed by atoms with Gasteiger partial charge in [-0.15, -0.1) is 0 Å². The van der Waals surface area contributed by atoms with Crippen molar-refractivity contribution in [2.45, 2.75) is 25.9 Å². The van der Waals surface area contributed by atoms with E-state index in [0.717, 1.165) is 13.0 Å². The first kappa shape index (κ1) is 11.5. The van der Waals surface area contributed by atoms with Gasteiger partial charge in [-0.2, -0.15) is 0 Å². The third kappa shape index (κ3) is 2.69. The van der Waals surface area contributed by atoms with Crippen LogP contribution in [0.3, 0.4) is 0 Å². The first-order valence-electron chi connectivity index (χ1n) is 5.02. The smallest absolute Gasteiger partial charge is 0.113 e. The molecule has 1 aliphatic heterocycles. The van der Waals surface area contributed by atoms with Gasteiger partial charge in [-0.05, 0) is 0 Å². The summed E-state index contributed by atoms with van der Waals surface area (Å²) in [6.45, 7) is 6.05. The van der Waals surface area contributed by atoms with Crippen LogP contribution >= 0.6 is 0 Å². The van der Waals surface area contributed by atoms with Gasteiger partial charge in [0.2, 0.25) is 0 Å². The highest BCUT2D eigenvalue weighted by Gasteiger charge is 2.34. The third-order valence-corrected chi connectivity index (χ3v) is 2.64. The molecule has 0 aromatic heterocycles. The van der Waals surface area contributed by atoms with Gasteiger partial charge in [0.05, 0.1) is 19.0 Å². The van der Waals surface area contributed by atoms with Gasteiger partial charge in [-0.1, -0.05) is 13.8 Å². The fourth-order valence-electron chi connectivity index (χ4n) is 1.36. The monoisotopic (exact) mass is 200 g/mol. The molecule has 0 spiro atoms. The molecule has 1 atom stereocenters. The number of aliphatic imine (C=N–C) groups is 1. The summed E-state index contributed by atoms with van der Waals surface area (Å²) in [6.07, 6.45) is 0.901. The molecule has 4 heteroatoms. The SMILES string of the molecule is COC1(CN=C(N)C(C)C)CCOC1. The lowest BCUT2D eigenvalue weighted by atomic mass is 10.0. The van der Waals surface area contributed by atoms with Crippen LogP contribution < -0.4 is 5.73 Å². The fourth-order valence-corrected chi connectivity index (χ4v) is 1.36. The molecule has 1 unspecified atom stereocenters. The van der Waals surface area contributed by atoms with Gasteiger partial charge in [0.25, 0.3) is 0 Å². The molecule has 0 radical (unpaired) electrons. The van der Waals surface area contributed by atoms with Crippen LogP contribution in [0.1, 0.15) is 20.3 Å². The van der Waals surface area contributed by atoms with Crippen LogP contribution in [0.4, 0.5) is 0 Å². The van der Waals surface area contributed by atoms with Crippen LogP contribution in [0.2, 0.25) is 0 Å². The van der Waals surface area contributed by atoms with E-state index in [2.05, 4.69) is 4.99 Å². The molecule has 1 rings (SSSR count). The minimum absolute atomic E-state index is 0.237. The molecule has 14 heavy (non-hydrogen) atoms. The zero-order valence-electron chi connectivity index (χ0n) is 9.25. The van der Waals surface area contributed by atoms with Crippen molar-refractivity contribution in [1.29, 1.82) is 0 Å². The molecular formula is C10H20N2O2. The van der Waals surface area contributed by atoms with Crippen LogP contribution in [0.15, 0.2) is 4.99 Å². The van der Waals surface area contributed by atoms with E-state index in [0.29, 0.717) is 24.9 Å². The minimum atomic E-state index is -0.237. The lowest BCUT2D eigenvalue weighted by molar-refractivity contribution is -0.00906. The maximum absolute atomic E-state index is 5.76. The molecule has 1 fully saturated rings. The number of hydrogen-bond acceptors (Lipinski definition) is 3. The number of ether oxygens (including phenoxy) is 2. The minimum Gasteiger partial charge on any atom is -0.387 e. The Kier molecular flexibility index (Phi) is 3.89. The highest BCUT2D eigenvalue weighted by molar-refractivity contribution is 5.82. The maximum atomic E-state index is 5.76. The van der Waals surface area contributed by atoms with E-state index >= 15 is 0 Å². The van der Waals surface area contributed by atoms with E-state index in [1.807, 2.05) is 13.8 Å². The summed E-state index contributed by atoms with van der Waals surface area (Å²) in [7, 11) is 1.70. The van der Waals surface area contributed by atoms with E-state index in [1.165, 1.54) is 0 Å². The van der Waals surface area contributed by atoms with Gasteiger partial charge in [-0.25, -0.2) is 0 Å². The molecule has 0 bridgehead atoms. The molecule has 0 amide bonds.